The molecule has 0 N–H and O–H groups in total. The van der Waals surface area contributed by atoms with Gasteiger partial charge in [-0.1, -0.05) is 18.2 Å². The third-order valence-electron chi connectivity index (χ3n) is 5.50. The minimum atomic E-state index is -0.184. The van der Waals surface area contributed by atoms with Crippen LogP contribution in [0, 0.1) is 0 Å². The van der Waals surface area contributed by atoms with E-state index in [1.54, 1.807) is 18.2 Å². The number of hydrogen-bond acceptors (Lipinski definition) is 6. The molecule has 1 aromatic heterocycles. The minimum absolute atomic E-state index is 0.00995. The molecule has 1 amide bonds. The van der Waals surface area contributed by atoms with Gasteiger partial charge in [-0.05, 0) is 36.2 Å². The number of benzene rings is 2. The zero-order valence-corrected chi connectivity index (χ0v) is 17.1. The molecule has 3 aromatic rings. The van der Waals surface area contributed by atoms with Crippen LogP contribution in [0.4, 0.5) is 0 Å². The second-order valence-corrected chi connectivity index (χ2v) is 8.65. The molecule has 1 fully saturated rings. The summed E-state index contributed by atoms with van der Waals surface area (Å²) in [5.74, 6) is 2.36. The van der Waals surface area contributed by atoms with Crippen molar-refractivity contribution in [1.29, 1.82) is 0 Å². The molecule has 30 heavy (non-hydrogen) atoms. The number of amides is 1. The number of aromatic nitrogens is 2. The van der Waals surface area contributed by atoms with Gasteiger partial charge in [0.05, 0.1) is 17.2 Å². The van der Waals surface area contributed by atoms with Crippen molar-refractivity contribution in [2.24, 2.45) is 0 Å². The van der Waals surface area contributed by atoms with Crippen LogP contribution >= 0.6 is 11.8 Å². The van der Waals surface area contributed by atoms with E-state index in [4.69, 9.17) is 9.47 Å². The van der Waals surface area contributed by atoms with Crippen molar-refractivity contribution in [2.45, 2.75) is 18.2 Å². The number of para-hydroxylation sites is 1. The minimum Gasteiger partial charge on any atom is -0.454 e. The molecule has 0 aliphatic carbocycles. The molecule has 2 aliphatic rings. The van der Waals surface area contributed by atoms with Gasteiger partial charge in [-0.2, -0.15) is 11.8 Å². The fraction of sp³-hybridized carbons (Fsp3) is 0.318. The van der Waals surface area contributed by atoms with Crippen LogP contribution in [0.15, 0.2) is 53.6 Å². The van der Waals surface area contributed by atoms with E-state index in [1.165, 1.54) is 16.5 Å². The molecule has 8 heteroatoms. The first kappa shape index (κ1) is 19.0. The second-order valence-electron chi connectivity index (χ2n) is 7.34. The second kappa shape index (κ2) is 8.02. The van der Waals surface area contributed by atoms with Gasteiger partial charge in [0, 0.05) is 24.1 Å². The van der Waals surface area contributed by atoms with E-state index < -0.39 is 0 Å². The molecule has 5 rings (SSSR count). The van der Waals surface area contributed by atoms with Gasteiger partial charge in [-0.25, -0.2) is 4.98 Å². The highest BCUT2D eigenvalue weighted by atomic mass is 32.2. The number of thioether (sulfide) groups is 1. The largest absolute Gasteiger partial charge is 0.454 e. The number of carbonyl (C=O) groups is 1. The highest BCUT2D eigenvalue weighted by Gasteiger charge is 2.24. The first-order chi connectivity index (χ1) is 14.7. The maximum absolute atomic E-state index is 12.9. The molecular weight excluding hydrogens is 402 g/mol. The molecule has 2 aromatic carbocycles. The van der Waals surface area contributed by atoms with Crippen molar-refractivity contribution in [1.82, 2.24) is 14.5 Å². The number of hydrogen-bond donors (Lipinski definition) is 0. The molecule has 3 heterocycles. The molecule has 154 valence electrons. The average molecular weight is 423 g/mol. The van der Waals surface area contributed by atoms with Gasteiger partial charge < -0.3 is 14.4 Å². The van der Waals surface area contributed by atoms with Crippen LogP contribution in [0.1, 0.15) is 17.2 Å². The lowest BCUT2D eigenvalue weighted by molar-refractivity contribution is -0.131. The number of fused-ring (bicyclic) bond motifs is 2. The van der Waals surface area contributed by atoms with E-state index in [-0.39, 0.29) is 24.8 Å². The Labute approximate surface area is 177 Å². The van der Waals surface area contributed by atoms with Crippen LogP contribution in [0.3, 0.4) is 0 Å². The maximum Gasteiger partial charge on any atom is 0.261 e. The van der Waals surface area contributed by atoms with Gasteiger partial charge in [-0.3, -0.25) is 14.2 Å². The third kappa shape index (κ3) is 3.63. The Bertz CT molecular complexity index is 1160. The average Bonchev–Trinajstić information content (AvgIpc) is 3.10. The highest BCUT2D eigenvalue weighted by molar-refractivity contribution is 7.99. The molecule has 0 saturated carbocycles. The summed E-state index contributed by atoms with van der Waals surface area (Å²) < 4.78 is 12.3. The molecule has 2 aliphatic heterocycles. The van der Waals surface area contributed by atoms with Crippen LogP contribution in [0.5, 0.6) is 11.5 Å². The molecular formula is C22H21N3O4S. The Balaban J connectivity index is 1.27. The van der Waals surface area contributed by atoms with E-state index in [1.807, 2.05) is 34.9 Å². The van der Waals surface area contributed by atoms with E-state index in [9.17, 15) is 9.59 Å². The SMILES string of the molecule is O=C(Cn1cnc2ccccc2c1=O)N1CCSC(c2ccc3c(c2)OCO3)CC1. The van der Waals surface area contributed by atoms with Crippen LogP contribution in [0.25, 0.3) is 10.9 Å². The Kier molecular flexibility index (Phi) is 5.08. The predicted molar refractivity (Wildman–Crippen MR) is 115 cm³/mol. The van der Waals surface area contributed by atoms with Crippen molar-refractivity contribution in [3.8, 4) is 11.5 Å². The van der Waals surface area contributed by atoms with Crippen molar-refractivity contribution in [3.05, 3.63) is 64.7 Å². The molecule has 1 saturated heterocycles. The fourth-order valence-electron chi connectivity index (χ4n) is 3.86. The van der Waals surface area contributed by atoms with Crippen LogP contribution in [-0.2, 0) is 11.3 Å². The fourth-order valence-corrected chi connectivity index (χ4v) is 5.08. The molecule has 0 radical (unpaired) electrons. The molecule has 7 nitrogen and oxygen atoms in total. The lowest BCUT2D eigenvalue weighted by atomic mass is 10.1. The summed E-state index contributed by atoms with van der Waals surface area (Å²) in [6.07, 6.45) is 2.31. The number of carbonyl (C=O) groups excluding carboxylic acids is 1. The molecule has 1 unspecified atom stereocenters. The van der Waals surface area contributed by atoms with E-state index in [2.05, 4.69) is 11.1 Å². The first-order valence-electron chi connectivity index (χ1n) is 9.92. The number of ether oxygens (including phenoxy) is 2. The molecule has 1 atom stereocenters. The zero-order chi connectivity index (χ0) is 20.5. The van der Waals surface area contributed by atoms with E-state index >= 15 is 0 Å². The van der Waals surface area contributed by atoms with Crippen molar-refractivity contribution in [2.75, 3.05) is 25.6 Å². The quantitative estimate of drug-likeness (QED) is 0.645. The van der Waals surface area contributed by atoms with Crippen molar-refractivity contribution in [3.63, 3.8) is 0 Å². The lowest BCUT2D eigenvalue weighted by Gasteiger charge is -2.21. The summed E-state index contributed by atoms with van der Waals surface area (Å²) in [7, 11) is 0. The van der Waals surface area contributed by atoms with Gasteiger partial charge in [0.15, 0.2) is 11.5 Å². The van der Waals surface area contributed by atoms with E-state index in [0.29, 0.717) is 29.2 Å². The maximum atomic E-state index is 12.9. The van der Waals surface area contributed by atoms with Gasteiger partial charge >= 0.3 is 0 Å². The van der Waals surface area contributed by atoms with Crippen molar-refractivity contribution < 1.29 is 14.3 Å². The standard InChI is InChI=1S/C22H21N3O4S/c26-21(12-25-13-23-17-4-2-1-3-16(17)22(25)27)24-8-7-20(30-10-9-24)15-5-6-18-19(11-15)29-14-28-18/h1-6,11,13,20H,7-10,12,14H2. The number of rotatable bonds is 3. The molecule has 0 bridgehead atoms. The Morgan fingerprint density at radius 2 is 2.00 bits per heavy atom. The van der Waals surface area contributed by atoms with Gasteiger partial charge in [0.1, 0.15) is 6.54 Å². The van der Waals surface area contributed by atoms with Crippen LogP contribution < -0.4 is 15.0 Å². The van der Waals surface area contributed by atoms with Crippen molar-refractivity contribution >= 4 is 28.6 Å². The van der Waals surface area contributed by atoms with Crippen LogP contribution in [-0.4, -0.2) is 46.0 Å². The Morgan fingerprint density at radius 3 is 2.93 bits per heavy atom. The monoisotopic (exact) mass is 423 g/mol. The smallest absolute Gasteiger partial charge is 0.261 e. The third-order valence-corrected chi connectivity index (χ3v) is 6.83. The van der Waals surface area contributed by atoms with E-state index in [0.717, 1.165) is 23.7 Å². The summed E-state index contributed by atoms with van der Waals surface area (Å²) in [6, 6.07) is 13.2. The Hall–Kier alpha value is -3.00. The highest BCUT2D eigenvalue weighted by Crippen LogP contribution is 2.40. The lowest BCUT2D eigenvalue weighted by Crippen LogP contribution is -2.37. The van der Waals surface area contributed by atoms with Crippen LogP contribution in [0.2, 0.25) is 0 Å². The van der Waals surface area contributed by atoms with Gasteiger partial charge in [0.25, 0.3) is 5.56 Å². The zero-order valence-electron chi connectivity index (χ0n) is 16.3. The normalized spacial score (nSPS) is 18.4. The van der Waals surface area contributed by atoms with Gasteiger partial charge in [-0.15, -0.1) is 0 Å². The Morgan fingerprint density at radius 1 is 1.13 bits per heavy atom. The number of nitrogens with zero attached hydrogens (tertiary/aromatic N) is 3. The predicted octanol–water partition coefficient (Wildman–Crippen LogP) is 2.83. The summed E-state index contributed by atoms with van der Waals surface area (Å²) >= 11 is 1.84. The topological polar surface area (TPSA) is 73.7 Å². The summed E-state index contributed by atoms with van der Waals surface area (Å²) in [6.45, 7) is 1.60. The van der Waals surface area contributed by atoms with Gasteiger partial charge in [0.2, 0.25) is 12.7 Å². The summed E-state index contributed by atoms with van der Waals surface area (Å²) in [5.41, 5.74) is 1.65. The summed E-state index contributed by atoms with van der Waals surface area (Å²) in [4.78, 5) is 31.7. The molecule has 0 spiro atoms. The first-order valence-corrected chi connectivity index (χ1v) is 11.0. The summed E-state index contributed by atoms with van der Waals surface area (Å²) in [5, 5.41) is 0.824.